The number of carbonyl (C=O) groups is 5. The van der Waals surface area contributed by atoms with Crippen LogP contribution in [-0.2, 0) is 28.7 Å². The highest BCUT2D eigenvalue weighted by Gasteiger charge is 2.36. The number of unbranched alkanes of at least 4 members (excludes halogenated alkanes) is 1. The van der Waals surface area contributed by atoms with Crippen molar-refractivity contribution in [2.24, 2.45) is 5.41 Å². The van der Waals surface area contributed by atoms with Crippen LogP contribution in [0.15, 0.2) is 0 Å². The zero-order chi connectivity index (χ0) is 18.8. The maximum Gasteiger partial charge on any atom is 0.305 e. The lowest BCUT2D eigenvalue weighted by molar-refractivity contribution is -0.141. The molecule has 0 aliphatic carbocycles. The number of methoxy groups -OCH3 is 1. The Morgan fingerprint density at radius 3 is 1.50 bits per heavy atom. The molecule has 0 aromatic heterocycles. The van der Waals surface area contributed by atoms with E-state index in [1.807, 2.05) is 0 Å². The molecule has 0 N–H and O–H groups in total. The van der Waals surface area contributed by atoms with Crippen molar-refractivity contribution in [1.29, 1.82) is 0 Å². The molecule has 0 amide bonds. The summed E-state index contributed by atoms with van der Waals surface area (Å²) in [6, 6.07) is 0. The molecule has 0 aliphatic heterocycles. The van der Waals surface area contributed by atoms with Crippen LogP contribution >= 0.6 is 0 Å². The van der Waals surface area contributed by atoms with Gasteiger partial charge in [-0.25, -0.2) is 0 Å². The Hall–Kier alpha value is -1.85. The summed E-state index contributed by atoms with van der Waals surface area (Å²) < 4.78 is 4.53. The molecule has 24 heavy (non-hydrogen) atoms. The molecule has 0 fully saturated rings. The van der Waals surface area contributed by atoms with Gasteiger partial charge < -0.3 is 19.1 Å². The second-order valence-electron chi connectivity index (χ2n) is 6.64. The first-order valence-electron chi connectivity index (χ1n) is 8.17. The Kier molecular flexibility index (Phi) is 10.0. The number of Topliss-reactive ketones (excluding diaryl/α,β-unsaturated/α-hetero) is 4. The van der Waals surface area contributed by atoms with Gasteiger partial charge in [0.1, 0.15) is 23.1 Å². The van der Waals surface area contributed by atoms with Gasteiger partial charge >= 0.3 is 5.97 Å². The average Bonchev–Trinajstić information content (AvgIpc) is 2.40. The fourth-order valence-corrected chi connectivity index (χ4v) is 3.16. The van der Waals surface area contributed by atoms with E-state index in [0.717, 1.165) is 0 Å². The van der Waals surface area contributed by atoms with Crippen LogP contribution in [0.2, 0.25) is 0 Å². The molecule has 0 aromatic rings. The molecule has 0 saturated carbocycles. The van der Waals surface area contributed by atoms with Gasteiger partial charge in [0.2, 0.25) is 0 Å². The fraction of sp³-hybridized carbons (Fsp3) is 0.722. The molecule has 0 radical (unpaired) electrons. The van der Waals surface area contributed by atoms with Gasteiger partial charge in [0, 0.05) is 38.5 Å². The minimum atomic E-state index is -0.914. The molecule has 0 unspecified atom stereocenters. The predicted molar refractivity (Wildman–Crippen MR) is 88.4 cm³/mol. The number of ether oxygens (including phenoxy) is 1. The van der Waals surface area contributed by atoms with Crippen LogP contribution in [0.4, 0.5) is 0 Å². The Morgan fingerprint density at radius 1 is 0.708 bits per heavy atom. The Labute approximate surface area is 143 Å². The first kappa shape index (κ1) is 22.1. The van der Waals surface area contributed by atoms with E-state index in [1.54, 1.807) is 0 Å². The molecular weight excluding hydrogens is 312 g/mol. The van der Waals surface area contributed by atoms with Gasteiger partial charge in [-0.3, -0.25) is 9.59 Å². The highest BCUT2D eigenvalue weighted by atomic mass is 16.5. The molecule has 0 bridgehead atoms. The third-order valence-corrected chi connectivity index (χ3v) is 3.76. The van der Waals surface area contributed by atoms with Crippen molar-refractivity contribution in [2.75, 3.05) is 7.11 Å². The molecular formula is C18H28O6. The van der Waals surface area contributed by atoms with E-state index in [4.69, 9.17) is 0 Å². The lowest BCUT2D eigenvalue weighted by Gasteiger charge is -2.31. The summed E-state index contributed by atoms with van der Waals surface area (Å²) in [5.41, 5.74) is -0.914. The van der Waals surface area contributed by atoms with Gasteiger partial charge in [-0.05, 0) is 39.0 Å². The number of ketones is 4. The normalized spacial score (nSPS) is 11.0. The third-order valence-electron chi connectivity index (χ3n) is 3.76. The maximum atomic E-state index is 12.3. The third kappa shape index (κ3) is 10.0. The summed E-state index contributed by atoms with van der Waals surface area (Å²) in [7, 11) is 1.31. The Morgan fingerprint density at radius 2 is 1.12 bits per heavy atom. The largest absolute Gasteiger partial charge is 0.469 e. The predicted octanol–water partition coefficient (Wildman–Crippen LogP) is 2.60. The molecule has 0 saturated heterocycles. The number of rotatable bonds is 13. The van der Waals surface area contributed by atoms with E-state index >= 15 is 0 Å². The molecule has 0 aromatic carbocycles. The van der Waals surface area contributed by atoms with Crippen LogP contribution in [0, 0.1) is 5.41 Å². The van der Waals surface area contributed by atoms with Crippen molar-refractivity contribution in [2.45, 2.75) is 72.1 Å². The van der Waals surface area contributed by atoms with E-state index < -0.39 is 5.41 Å². The fourth-order valence-electron chi connectivity index (χ4n) is 3.16. The van der Waals surface area contributed by atoms with Crippen molar-refractivity contribution in [3.63, 3.8) is 0 Å². The van der Waals surface area contributed by atoms with Gasteiger partial charge in [-0.2, -0.15) is 0 Å². The zero-order valence-electron chi connectivity index (χ0n) is 15.1. The number of carbonyl (C=O) groups excluding carboxylic acids is 5. The minimum Gasteiger partial charge on any atom is -0.469 e. The van der Waals surface area contributed by atoms with E-state index in [9.17, 15) is 24.0 Å². The second kappa shape index (κ2) is 10.8. The van der Waals surface area contributed by atoms with Crippen molar-refractivity contribution >= 4 is 29.1 Å². The monoisotopic (exact) mass is 340 g/mol. The molecule has 0 aliphatic rings. The first-order valence-corrected chi connectivity index (χ1v) is 8.17. The van der Waals surface area contributed by atoms with E-state index in [1.165, 1.54) is 27.9 Å². The zero-order valence-corrected chi connectivity index (χ0v) is 15.1. The van der Waals surface area contributed by atoms with Crippen LogP contribution in [0.5, 0.6) is 0 Å². The topological polar surface area (TPSA) is 94.6 Å². The van der Waals surface area contributed by atoms with Crippen molar-refractivity contribution in [3.8, 4) is 0 Å². The number of hydrogen-bond donors (Lipinski definition) is 0. The highest BCUT2D eigenvalue weighted by molar-refractivity contribution is 5.87. The van der Waals surface area contributed by atoms with Gasteiger partial charge in [-0.15, -0.1) is 0 Å². The van der Waals surface area contributed by atoms with Crippen molar-refractivity contribution in [1.82, 2.24) is 0 Å². The van der Waals surface area contributed by atoms with Gasteiger partial charge in [0.05, 0.1) is 7.11 Å². The second-order valence-corrected chi connectivity index (χ2v) is 6.64. The summed E-state index contributed by atoms with van der Waals surface area (Å²) in [6.07, 6.45) is 1.74. The van der Waals surface area contributed by atoms with Crippen LogP contribution in [-0.4, -0.2) is 36.2 Å². The van der Waals surface area contributed by atoms with Crippen molar-refractivity contribution < 1.29 is 28.7 Å². The SMILES string of the molecule is COC(=O)CCCCC(=O)CC(CC(C)=O)(CC(C)=O)CC(C)=O. The molecule has 136 valence electrons. The van der Waals surface area contributed by atoms with Gasteiger partial charge in [0.25, 0.3) is 0 Å². The van der Waals surface area contributed by atoms with Gasteiger partial charge in [0.15, 0.2) is 0 Å². The highest BCUT2D eigenvalue weighted by Crippen LogP contribution is 2.37. The van der Waals surface area contributed by atoms with Crippen LogP contribution in [0.25, 0.3) is 0 Å². The standard InChI is InChI=1S/C18H28O6/c1-13(19)9-18(10-14(2)20,11-15(3)21)12-16(22)7-5-6-8-17(23)24-4/h5-12H2,1-4H3. The Balaban J connectivity index is 4.85. The maximum absolute atomic E-state index is 12.3. The summed E-state index contributed by atoms with van der Waals surface area (Å²) in [5, 5.41) is 0. The van der Waals surface area contributed by atoms with Crippen LogP contribution in [0.3, 0.4) is 0 Å². The molecule has 0 atom stereocenters. The first-order chi connectivity index (χ1) is 11.1. The number of esters is 1. The van der Waals surface area contributed by atoms with E-state index in [-0.39, 0.29) is 67.6 Å². The Bertz CT molecular complexity index is 451. The summed E-state index contributed by atoms with van der Waals surface area (Å²) in [5.74, 6) is -0.840. The minimum absolute atomic E-state index is 0.0317. The number of hydrogen-bond acceptors (Lipinski definition) is 6. The molecule has 6 heteroatoms. The average molecular weight is 340 g/mol. The molecule has 6 nitrogen and oxygen atoms in total. The van der Waals surface area contributed by atoms with Crippen LogP contribution < -0.4 is 0 Å². The summed E-state index contributed by atoms with van der Waals surface area (Å²) >= 11 is 0. The lowest BCUT2D eigenvalue weighted by atomic mass is 9.71. The summed E-state index contributed by atoms with van der Waals surface area (Å²) in [4.78, 5) is 58.1. The van der Waals surface area contributed by atoms with Crippen LogP contribution in [0.1, 0.15) is 72.1 Å². The smallest absolute Gasteiger partial charge is 0.305 e. The lowest BCUT2D eigenvalue weighted by Crippen LogP contribution is -2.31. The van der Waals surface area contributed by atoms with E-state index in [2.05, 4.69) is 4.74 Å². The molecule has 0 heterocycles. The molecule has 0 rings (SSSR count). The van der Waals surface area contributed by atoms with E-state index in [0.29, 0.717) is 12.8 Å². The quantitative estimate of drug-likeness (QED) is 0.378. The summed E-state index contributed by atoms with van der Waals surface area (Å²) in [6.45, 7) is 4.20. The van der Waals surface area contributed by atoms with Crippen molar-refractivity contribution in [3.05, 3.63) is 0 Å². The molecule has 0 spiro atoms. The van der Waals surface area contributed by atoms with Gasteiger partial charge in [-0.1, -0.05) is 0 Å².